The lowest BCUT2D eigenvalue weighted by Gasteiger charge is -2.22. The van der Waals surface area contributed by atoms with Crippen LogP contribution in [0.1, 0.15) is 168 Å². The number of carbonyl (C=O) groups excluding carboxylic acids is 1. The summed E-state index contributed by atoms with van der Waals surface area (Å²) in [6.07, 6.45) is 26.7. The third-order valence-electron chi connectivity index (χ3n) is 9.17. The van der Waals surface area contributed by atoms with E-state index in [0.717, 1.165) is 69.8 Å². The SMILES string of the molecule is CCCCCCCCCCCCC(O)C1CCC(C(O)CCCCCCCCCCC(O)CC2=CC(=O)OC2C)O1. The fourth-order valence-electron chi connectivity index (χ4n) is 6.41. The van der Waals surface area contributed by atoms with Gasteiger partial charge in [0.1, 0.15) is 6.10 Å². The van der Waals surface area contributed by atoms with Gasteiger partial charge < -0.3 is 24.8 Å². The summed E-state index contributed by atoms with van der Waals surface area (Å²) in [4.78, 5) is 11.3. The minimum atomic E-state index is -0.413. The Morgan fingerprint density at radius 3 is 1.51 bits per heavy atom. The molecule has 0 spiro atoms. The van der Waals surface area contributed by atoms with Crippen molar-refractivity contribution in [3.05, 3.63) is 11.6 Å². The molecule has 1 fully saturated rings. The molecule has 6 nitrogen and oxygen atoms in total. The zero-order valence-electron chi connectivity index (χ0n) is 26.6. The number of hydrogen-bond donors (Lipinski definition) is 3. The van der Waals surface area contributed by atoms with Crippen molar-refractivity contribution in [3.63, 3.8) is 0 Å². The summed E-state index contributed by atoms with van der Waals surface area (Å²) >= 11 is 0. The predicted molar refractivity (Wildman–Crippen MR) is 167 cm³/mol. The molecule has 6 unspecified atom stereocenters. The largest absolute Gasteiger partial charge is 0.455 e. The lowest BCUT2D eigenvalue weighted by atomic mass is 9.99. The minimum absolute atomic E-state index is 0.101. The van der Waals surface area contributed by atoms with Crippen LogP contribution < -0.4 is 0 Å². The third kappa shape index (κ3) is 16.5. The molecule has 0 aliphatic carbocycles. The number of esters is 1. The highest BCUT2D eigenvalue weighted by molar-refractivity contribution is 5.85. The number of aliphatic hydroxyl groups excluding tert-OH is 3. The zero-order valence-corrected chi connectivity index (χ0v) is 26.6. The van der Waals surface area contributed by atoms with E-state index in [-0.39, 0.29) is 24.3 Å². The van der Waals surface area contributed by atoms with Crippen LogP contribution in [0.25, 0.3) is 0 Å². The van der Waals surface area contributed by atoms with Gasteiger partial charge in [0.15, 0.2) is 0 Å². The van der Waals surface area contributed by atoms with Crippen LogP contribution in [0.5, 0.6) is 0 Å². The van der Waals surface area contributed by atoms with Crippen molar-refractivity contribution < 1.29 is 29.6 Å². The highest BCUT2D eigenvalue weighted by atomic mass is 16.5. The fourth-order valence-corrected chi connectivity index (χ4v) is 6.41. The number of ether oxygens (including phenoxy) is 2. The predicted octanol–water partition coefficient (Wildman–Crippen LogP) is 8.09. The summed E-state index contributed by atoms with van der Waals surface area (Å²) in [5, 5.41) is 31.4. The Morgan fingerprint density at radius 1 is 0.683 bits per heavy atom. The van der Waals surface area contributed by atoms with Crippen molar-refractivity contribution in [1.29, 1.82) is 0 Å². The van der Waals surface area contributed by atoms with E-state index in [1.165, 1.54) is 89.5 Å². The molecular formula is C35H64O6. The van der Waals surface area contributed by atoms with Crippen LogP contribution in [0.3, 0.4) is 0 Å². The van der Waals surface area contributed by atoms with Crippen molar-refractivity contribution in [2.75, 3.05) is 0 Å². The fraction of sp³-hybridized carbons (Fsp3) is 0.914. The van der Waals surface area contributed by atoms with E-state index in [9.17, 15) is 20.1 Å². The summed E-state index contributed by atoms with van der Waals surface area (Å²) in [5.74, 6) is -0.292. The van der Waals surface area contributed by atoms with E-state index in [1.807, 2.05) is 6.92 Å². The van der Waals surface area contributed by atoms with Crippen LogP contribution in [0.4, 0.5) is 0 Å². The molecule has 6 atom stereocenters. The Hall–Kier alpha value is -0.950. The highest BCUT2D eigenvalue weighted by Crippen LogP contribution is 2.28. The second-order valence-electron chi connectivity index (χ2n) is 13.0. The van der Waals surface area contributed by atoms with Crippen molar-refractivity contribution in [2.24, 2.45) is 0 Å². The highest BCUT2D eigenvalue weighted by Gasteiger charge is 2.34. The Labute approximate surface area is 251 Å². The first-order chi connectivity index (χ1) is 19.9. The lowest BCUT2D eigenvalue weighted by Crippen LogP contribution is -2.31. The van der Waals surface area contributed by atoms with Crippen molar-refractivity contribution in [2.45, 2.75) is 205 Å². The van der Waals surface area contributed by atoms with Gasteiger partial charge in [-0.2, -0.15) is 0 Å². The minimum Gasteiger partial charge on any atom is -0.455 e. The maximum atomic E-state index is 11.3. The third-order valence-corrected chi connectivity index (χ3v) is 9.17. The maximum absolute atomic E-state index is 11.3. The number of cyclic esters (lactones) is 1. The van der Waals surface area contributed by atoms with Gasteiger partial charge in [-0.25, -0.2) is 4.79 Å². The number of rotatable bonds is 26. The molecule has 0 amide bonds. The van der Waals surface area contributed by atoms with Crippen LogP contribution in [0, 0.1) is 0 Å². The molecule has 2 aliphatic rings. The van der Waals surface area contributed by atoms with Gasteiger partial charge in [0.2, 0.25) is 0 Å². The molecule has 3 N–H and O–H groups in total. The van der Waals surface area contributed by atoms with Gasteiger partial charge in [0.05, 0.1) is 30.5 Å². The smallest absolute Gasteiger partial charge is 0.331 e. The molecule has 0 aromatic rings. The first-order valence-electron chi connectivity index (χ1n) is 17.5. The second-order valence-corrected chi connectivity index (χ2v) is 13.0. The van der Waals surface area contributed by atoms with E-state index in [4.69, 9.17) is 9.47 Å². The number of unbranched alkanes of at least 4 members (excludes halogenated alkanes) is 16. The Bertz CT molecular complexity index is 694. The Morgan fingerprint density at radius 2 is 1.10 bits per heavy atom. The number of carbonyl (C=O) groups is 1. The molecule has 240 valence electrons. The maximum Gasteiger partial charge on any atom is 0.331 e. The van der Waals surface area contributed by atoms with Crippen molar-refractivity contribution in [1.82, 2.24) is 0 Å². The van der Waals surface area contributed by atoms with E-state index in [2.05, 4.69) is 6.92 Å². The molecule has 0 bridgehead atoms. The molecule has 0 saturated carbocycles. The average molecular weight is 581 g/mol. The van der Waals surface area contributed by atoms with Crippen molar-refractivity contribution >= 4 is 5.97 Å². The summed E-state index contributed by atoms with van der Waals surface area (Å²) < 4.78 is 11.2. The van der Waals surface area contributed by atoms with E-state index >= 15 is 0 Å². The second kappa shape index (κ2) is 22.6. The van der Waals surface area contributed by atoms with Gasteiger partial charge in [0.25, 0.3) is 0 Å². The van der Waals surface area contributed by atoms with Gasteiger partial charge >= 0.3 is 5.97 Å². The molecule has 0 aromatic carbocycles. The summed E-state index contributed by atoms with van der Waals surface area (Å²) in [5.41, 5.74) is 0.907. The quantitative estimate of drug-likeness (QED) is 0.0707. The molecule has 0 radical (unpaired) electrons. The first kappa shape index (κ1) is 36.2. The van der Waals surface area contributed by atoms with Gasteiger partial charge in [-0.3, -0.25) is 0 Å². The number of hydrogen-bond acceptors (Lipinski definition) is 6. The van der Waals surface area contributed by atoms with Crippen molar-refractivity contribution in [3.8, 4) is 0 Å². The van der Waals surface area contributed by atoms with Crippen LogP contribution in [-0.2, 0) is 14.3 Å². The van der Waals surface area contributed by atoms with Crippen LogP contribution in [0.2, 0.25) is 0 Å². The molecule has 0 aromatic heterocycles. The first-order valence-corrected chi connectivity index (χ1v) is 17.5. The average Bonchev–Trinajstić information content (AvgIpc) is 3.57. The van der Waals surface area contributed by atoms with Crippen LogP contribution in [-0.4, -0.2) is 57.9 Å². The molecule has 41 heavy (non-hydrogen) atoms. The Balaban J connectivity index is 1.37. The van der Waals surface area contributed by atoms with E-state index < -0.39 is 18.3 Å². The lowest BCUT2D eigenvalue weighted by molar-refractivity contribution is -0.138. The summed E-state index contributed by atoms with van der Waals surface area (Å²) in [7, 11) is 0. The molecule has 6 heteroatoms. The van der Waals surface area contributed by atoms with Crippen LogP contribution >= 0.6 is 0 Å². The van der Waals surface area contributed by atoms with Gasteiger partial charge in [0, 0.05) is 6.08 Å². The molecular weight excluding hydrogens is 516 g/mol. The Kier molecular flexibility index (Phi) is 20.0. The standard InChI is InChI=1S/C35H64O6/c1-3-4-5-6-7-8-9-13-16-19-22-31(37)33-24-25-34(41-33)32(38)23-20-17-14-11-10-12-15-18-21-30(36)26-29-27-35(39)40-28(29)2/h27-28,30-34,36-38H,3-26H2,1-2H3. The number of aliphatic hydroxyl groups is 3. The molecule has 1 saturated heterocycles. The van der Waals surface area contributed by atoms with Gasteiger partial charge in [-0.15, -0.1) is 0 Å². The normalized spacial score (nSPS) is 23.0. The van der Waals surface area contributed by atoms with E-state index in [0.29, 0.717) is 6.42 Å². The monoisotopic (exact) mass is 580 g/mol. The summed E-state index contributed by atoms with van der Waals surface area (Å²) in [6, 6.07) is 0. The van der Waals surface area contributed by atoms with Gasteiger partial charge in [-0.1, -0.05) is 122 Å². The molecule has 2 rings (SSSR count). The molecule has 2 heterocycles. The van der Waals surface area contributed by atoms with Gasteiger partial charge in [-0.05, 0) is 51.0 Å². The van der Waals surface area contributed by atoms with E-state index in [1.54, 1.807) is 0 Å². The topological polar surface area (TPSA) is 96.2 Å². The zero-order chi connectivity index (χ0) is 29.7. The summed E-state index contributed by atoms with van der Waals surface area (Å²) in [6.45, 7) is 4.12. The molecule has 2 aliphatic heterocycles. The van der Waals surface area contributed by atoms with Crippen LogP contribution in [0.15, 0.2) is 11.6 Å².